The summed E-state index contributed by atoms with van der Waals surface area (Å²) in [6.07, 6.45) is 6.85. The average molecular weight is 344 g/mol. The number of fused-ring (bicyclic) bond motifs is 1. The smallest absolute Gasteiger partial charge is 0.317 e. The van der Waals surface area contributed by atoms with Crippen molar-refractivity contribution in [2.45, 2.75) is 50.7 Å². The Morgan fingerprint density at radius 2 is 2.08 bits per heavy atom. The number of nitrogens with one attached hydrogen (secondary N) is 1. The van der Waals surface area contributed by atoms with E-state index < -0.39 is 0 Å². The lowest BCUT2D eigenvalue weighted by molar-refractivity contribution is 0.0370. The Morgan fingerprint density at radius 3 is 2.80 bits per heavy atom. The minimum Gasteiger partial charge on any atom is -0.496 e. The van der Waals surface area contributed by atoms with E-state index in [1.165, 1.54) is 24.0 Å². The van der Waals surface area contributed by atoms with Gasteiger partial charge in [0, 0.05) is 19.7 Å². The molecule has 0 saturated carbocycles. The summed E-state index contributed by atoms with van der Waals surface area (Å²) in [7, 11) is 1.71. The van der Waals surface area contributed by atoms with Crippen LogP contribution >= 0.6 is 0 Å². The second kappa shape index (κ2) is 7.24. The maximum absolute atomic E-state index is 12.7. The van der Waals surface area contributed by atoms with Crippen LogP contribution in [0, 0.1) is 5.92 Å². The van der Waals surface area contributed by atoms with Crippen molar-refractivity contribution >= 4 is 6.03 Å². The Labute approximate surface area is 149 Å². The molecule has 0 spiro atoms. The second-order valence-electron chi connectivity index (χ2n) is 7.44. The van der Waals surface area contributed by atoms with Crippen molar-refractivity contribution in [1.29, 1.82) is 0 Å². The minimum absolute atomic E-state index is 0.0754. The number of hydrogen-bond donors (Lipinski definition) is 1. The van der Waals surface area contributed by atoms with Gasteiger partial charge >= 0.3 is 6.03 Å². The topological polar surface area (TPSA) is 50.8 Å². The molecular weight excluding hydrogens is 316 g/mol. The molecule has 3 aliphatic rings. The summed E-state index contributed by atoms with van der Waals surface area (Å²) < 4.78 is 11.3. The van der Waals surface area contributed by atoms with Crippen LogP contribution in [0.25, 0.3) is 0 Å². The molecule has 2 fully saturated rings. The van der Waals surface area contributed by atoms with Crippen LogP contribution in [0.15, 0.2) is 18.2 Å². The molecule has 4 rings (SSSR count). The van der Waals surface area contributed by atoms with Crippen LogP contribution in [0.2, 0.25) is 0 Å². The SMILES string of the molecule is COc1cccc2c1CCC2NC(=O)N1CCC(C2CCCO2)CC1. The summed E-state index contributed by atoms with van der Waals surface area (Å²) in [5, 5.41) is 3.24. The van der Waals surface area contributed by atoms with Gasteiger partial charge in [0.2, 0.25) is 0 Å². The molecule has 5 heteroatoms. The first-order chi connectivity index (χ1) is 12.3. The first kappa shape index (κ1) is 16.7. The van der Waals surface area contributed by atoms with E-state index in [1.54, 1.807) is 7.11 Å². The van der Waals surface area contributed by atoms with Crippen LogP contribution in [0.3, 0.4) is 0 Å². The Hall–Kier alpha value is -1.75. The van der Waals surface area contributed by atoms with E-state index >= 15 is 0 Å². The van der Waals surface area contributed by atoms with Gasteiger partial charge in [-0.1, -0.05) is 12.1 Å². The van der Waals surface area contributed by atoms with Crippen molar-refractivity contribution in [2.24, 2.45) is 5.92 Å². The van der Waals surface area contributed by atoms with Crippen LogP contribution in [0.4, 0.5) is 4.79 Å². The molecule has 136 valence electrons. The molecular formula is C20H28N2O3. The Morgan fingerprint density at radius 1 is 1.24 bits per heavy atom. The lowest BCUT2D eigenvalue weighted by Crippen LogP contribution is -2.46. The molecule has 1 N–H and O–H groups in total. The quantitative estimate of drug-likeness (QED) is 0.915. The lowest BCUT2D eigenvalue weighted by atomic mass is 9.90. The van der Waals surface area contributed by atoms with E-state index in [9.17, 15) is 4.79 Å². The van der Waals surface area contributed by atoms with Gasteiger partial charge in [-0.3, -0.25) is 0 Å². The van der Waals surface area contributed by atoms with Crippen LogP contribution in [0.5, 0.6) is 5.75 Å². The molecule has 2 amide bonds. The van der Waals surface area contributed by atoms with Gasteiger partial charge in [0.25, 0.3) is 0 Å². The molecule has 0 radical (unpaired) electrons. The number of hydrogen-bond acceptors (Lipinski definition) is 3. The van der Waals surface area contributed by atoms with E-state index in [0.29, 0.717) is 12.0 Å². The second-order valence-corrected chi connectivity index (χ2v) is 7.44. The van der Waals surface area contributed by atoms with Crippen molar-refractivity contribution in [1.82, 2.24) is 10.2 Å². The lowest BCUT2D eigenvalue weighted by Gasteiger charge is -2.35. The normalized spacial score (nSPS) is 26.5. The maximum atomic E-state index is 12.7. The van der Waals surface area contributed by atoms with Crippen LogP contribution < -0.4 is 10.1 Å². The third-order valence-corrected chi connectivity index (χ3v) is 6.06. The fourth-order valence-corrected chi connectivity index (χ4v) is 4.65. The number of methoxy groups -OCH3 is 1. The summed E-state index contributed by atoms with van der Waals surface area (Å²) >= 11 is 0. The van der Waals surface area contributed by atoms with Crippen molar-refractivity contribution < 1.29 is 14.3 Å². The third-order valence-electron chi connectivity index (χ3n) is 6.06. The summed E-state index contributed by atoms with van der Waals surface area (Å²) in [4.78, 5) is 14.7. The number of amides is 2. The molecule has 2 unspecified atom stereocenters. The monoisotopic (exact) mass is 344 g/mol. The van der Waals surface area contributed by atoms with E-state index in [1.807, 2.05) is 17.0 Å². The first-order valence-corrected chi connectivity index (χ1v) is 9.59. The highest BCUT2D eigenvalue weighted by molar-refractivity contribution is 5.75. The maximum Gasteiger partial charge on any atom is 0.317 e. The number of likely N-dealkylation sites (tertiary alicyclic amines) is 1. The van der Waals surface area contributed by atoms with Crippen LogP contribution in [0.1, 0.15) is 49.3 Å². The van der Waals surface area contributed by atoms with Crippen molar-refractivity contribution in [2.75, 3.05) is 26.8 Å². The molecule has 2 saturated heterocycles. The molecule has 1 aliphatic carbocycles. The van der Waals surface area contributed by atoms with Crippen molar-refractivity contribution in [3.05, 3.63) is 29.3 Å². The minimum atomic E-state index is 0.0754. The zero-order chi connectivity index (χ0) is 17.2. The predicted molar refractivity (Wildman–Crippen MR) is 95.9 cm³/mol. The van der Waals surface area contributed by atoms with Gasteiger partial charge in [-0.25, -0.2) is 4.79 Å². The third kappa shape index (κ3) is 3.34. The Kier molecular flexibility index (Phi) is 4.84. The van der Waals surface area contributed by atoms with Crippen LogP contribution in [-0.2, 0) is 11.2 Å². The Bertz CT molecular complexity index is 619. The molecule has 5 nitrogen and oxygen atoms in total. The molecule has 2 heterocycles. The molecule has 25 heavy (non-hydrogen) atoms. The number of benzene rings is 1. The molecule has 2 aliphatic heterocycles. The fraction of sp³-hybridized carbons (Fsp3) is 0.650. The highest BCUT2D eigenvalue weighted by Crippen LogP contribution is 2.37. The van der Waals surface area contributed by atoms with Gasteiger partial charge in [-0.2, -0.15) is 0 Å². The highest BCUT2D eigenvalue weighted by atomic mass is 16.5. The van der Waals surface area contributed by atoms with E-state index in [0.717, 1.165) is 51.1 Å². The number of piperidine rings is 1. The van der Waals surface area contributed by atoms with E-state index in [-0.39, 0.29) is 12.1 Å². The highest BCUT2D eigenvalue weighted by Gasteiger charge is 2.32. The largest absolute Gasteiger partial charge is 0.496 e. The summed E-state index contributed by atoms with van der Waals surface area (Å²) in [6.45, 7) is 2.60. The Balaban J connectivity index is 1.33. The van der Waals surface area contributed by atoms with Gasteiger partial charge in [0.05, 0.1) is 19.3 Å². The van der Waals surface area contributed by atoms with E-state index in [2.05, 4.69) is 11.4 Å². The van der Waals surface area contributed by atoms with Gasteiger partial charge in [-0.05, 0) is 61.6 Å². The number of carbonyl (C=O) groups excluding carboxylic acids is 1. The number of nitrogens with zero attached hydrogens (tertiary/aromatic N) is 1. The first-order valence-electron chi connectivity index (χ1n) is 9.59. The predicted octanol–water partition coefficient (Wildman–Crippen LogP) is 3.28. The van der Waals surface area contributed by atoms with Gasteiger partial charge in [0.1, 0.15) is 5.75 Å². The zero-order valence-electron chi connectivity index (χ0n) is 15.0. The summed E-state index contributed by atoms with van der Waals surface area (Å²) in [6, 6.07) is 6.30. The van der Waals surface area contributed by atoms with E-state index in [4.69, 9.17) is 9.47 Å². The number of rotatable bonds is 3. The molecule has 1 aromatic rings. The number of ether oxygens (including phenoxy) is 2. The number of urea groups is 1. The molecule has 0 aromatic heterocycles. The summed E-state index contributed by atoms with van der Waals surface area (Å²) in [5.41, 5.74) is 2.45. The van der Waals surface area contributed by atoms with Gasteiger partial charge in [-0.15, -0.1) is 0 Å². The molecule has 1 aromatic carbocycles. The molecule has 0 bridgehead atoms. The summed E-state index contributed by atoms with van der Waals surface area (Å²) in [5.74, 6) is 1.56. The average Bonchev–Trinajstić information content (AvgIpc) is 3.32. The van der Waals surface area contributed by atoms with Gasteiger partial charge < -0.3 is 19.7 Å². The van der Waals surface area contributed by atoms with Crippen LogP contribution in [-0.4, -0.2) is 43.8 Å². The zero-order valence-corrected chi connectivity index (χ0v) is 15.0. The van der Waals surface area contributed by atoms with Crippen molar-refractivity contribution in [3.63, 3.8) is 0 Å². The fourth-order valence-electron chi connectivity index (χ4n) is 4.65. The molecule has 2 atom stereocenters. The number of carbonyl (C=O) groups is 1. The van der Waals surface area contributed by atoms with Crippen molar-refractivity contribution in [3.8, 4) is 5.75 Å². The standard InChI is InChI=1S/C20H28N2O3/c1-24-19-5-2-4-15-16(19)7-8-17(15)21-20(23)22-11-9-14(10-12-22)18-6-3-13-25-18/h2,4-5,14,17-18H,3,6-13H2,1H3,(H,21,23). The van der Waals surface area contributed by atoms with Gasteiger partial charge in [0.15, 0.2) is 0 Å².